The van der Waals surface area contributed by atoms with Crippen molar-refractivity contribution >= 4 is 7.91 Å². The van der Waals surface area contributed by atoms with Gasteiger partial charge in [0, 0.05) is 0 Å². The van der Waals surface area contributed by atoms with E-state index in [1.165, 1.54) is 0 Å². The fourth-order valence-corrected chi connectivity index (χ4v) is 0. The highest BCUT2D eigenvalue weighted by molar-refractivity contribution is 7.23. The Balaban J connectivity index is 3.51. The summed E-state index contributed by atoms with van der Waals surface area (Å²) in [5.74, 6) is 0. The van der Waals surface area contributed by atoms with Gasteiger partial charge in [0.05, 0.1) is 0 Å². The van der Waals surface area contributed by atoms with Gasteiger partial charge in [-0.15, -0.1) is 0 Å². The summed E-state index contributed by atoms with van der Waals surface area (Å²) in [6.07, 6.45) is 0. The van der Waals surface area contributed by atoms with Crippen molar-refractivity contribution in [2.24, 2.45) is 0 Å². The standard InChI is InChI=1S/HO3P/c1-4(2)3/h(H,1,2,3). The lowest BCUT2D eigenvalue weighted by atomic mass is 15.9. The summed E-state index contributed by atoms with van der Waals surface area (Å²) in [5.41, 5.74) is 0. The molecule has 0 unspecified atom stereocenters. The van der Waals surface area contributed by atoms with Crippen LogP contribution in [0.4, 0.5) is 0 Å². The van der Waals surface area contributed by atoms with Crippen LogP contribution in [0.3, 0.4) is 0 Å². The highest BCUT2D eigenvalue weighted by atomic mass is 31.1. The third-order valence-corrected chi connectivity index (χ3v) is 0. The molecule has 0 heterocycles. The summed E-state index contributed by atoms with van der Waals surface area (Å²) in [6, 6.07) is 0. The van der Waals surface area contributed by atoms with Crippen LogP contribution < -0.4 is 0 Å². The SMILES string of the molecule is O=P(=O)O. The molecule has 0 atom stereocenters. The summed E-state index contributed by atoms with van der Waals surface area (Å²) in [4.78, 5) is 7.01. The molecule has 0 bridgehead atoms. The minimum Gasteiger partial charge on any atom is -0.287 e. The lowest BCUT2D eigenvalue weighted by Gasteiger charge is -1.35. The molecule has 3 nitrogen and oxygen atoms in total. The second-order valence-electron chi connectivity index (χ2n) is 0.238. The van der Waals surface area contributed by atoms with E-state index in [1.54, 1.807) is 0 Å². The largest absolute Gasteiger partial charge is 0.465 e. The molecule has 0 spiro atoms. The van der Waals surface area contributed by atoms with E-state index in [0.29, 0.717) is 0 Å². The maximum absolute atomic E-state index is 8.59. The van der Waals surface area contributed by atoms with Gasteiger partial charge in [-0.05, 0) is 0 Å². The van der Waals surface area contributed by atoms with Gasteiger partial charge in [-0.2, -0.15) is 0 Å². The van der Waals surface area contributed by atoms with Crippen LogP contribution in [0.2, 0.25) is 0 Å². The second-order valence-corrected chi connectivity index (χ2v) is 0.714. The quantitative estimate of drug-likeness (QED) is 0.419. The van der Waals surface area contributed by atoms with Gasteiger partial charge in [-0.25, -0.2) is 9.13 Å². The summed E-state index contributed by atoms with van der Waals surface area (Å²) >= 11 is 0. The van der Waals surface area contributed by atoms with Crippen LogP contribution in [0.25, 0.3) is 0 Å². The molecule has 0 aliphatic carbocycles. The van der Waals surface area contributed by atoms with E-state index in [0.717, 1.165) is 0 Å². The van der Waals surface area contributed by atoms with Gasteiger partial charge in [-0.1, -0.05) is 0 Å². The molecular formula is HO3P. The predicted molar refractivity (Wildman–Crippen MR) is 10.5 cm³/mol. The zero-order chi connectivity index (χ0) is 3.58. The van der Waals surface area contributed by atoms with E-state index in [9.17, 15) is 0 Å². The zero-order valence-corrected chi connectivity index (χ0v) is 2.61. The Morgan fingerprint density at radius 2 is 1.50 bits per heavy atom. The Labute approximate surface area is 23.2 Å². The molecule has 0 fully saturated rings. The van der Waals surface area contributed by atoms with Crippen LogP contribution in [-0.2, 0) is 9.13 Å². The molecule has 0 radical (unpaired) electrons. The van der Waals surface area contributed by atoms with Gasteiger partial charge in [-0.3, -0.25) is 4.89 Å². The molecule has 0 aromatic rings. The zero-order valence-electron chi connectivity index (χ0n) is 1.71. The van der Waals surface area contributed by atoms with Crippen molar-refractivity contribution in [2.75, 3.05) is 0 Å². The smallest absolute Gasteiger partial charge is 0.287 e. The number of rotatable bonds is 0. The Kier molecular flexibility index (Phi) is 1.17. The first-order valence-electron chi connectivity index (χ1n) is 0.565. The highest BCUT2D eigenvalue weighted by Crippen LogP contribution is 1.84. The average molecular weight is 80.0 g/mol. The van der Waals surface area contributed by atoms with Gasteiger partial charge in [0.15, 0.2) is 0 Å². The Morgan fingerprint density at radius 1 is 1.50 bits per heavy atom. The second kappa shape index (κ2) is 1.21. The van der Waals surface area contributed by atoms with Gasteiger partial charge in [0.25, 0.3) is 0 Å². The van der Waals surface area contributed by atoms with Crippen LogP contribution in [0.1, 0.15) is 0 Å². The normalized spacial score (nSPS) is 6.25. The predicted octanol–water partition coefficient (Wildman–Crippen LogP) is 0.0666. The Bertz CT molecular complexity index is 51.7. The third kappa shape index (κ3) is 70.2. The molecule has 1 N–H and O–H groups in total. The molecule has 0 aliphatic heterocycles. The van der Waals surface area contributed by atoms with Crippen LogP contribution in [0.15, 0.2) is 0 Å². The molecule has 0 saturated heterocycles. The van der Waals surface area contributed by atoms with E-state index in [-0.39, 0.29) is 0 Å². The Morgan fingerprint density at radius 3 is 1.50 bits per heavy atom. The summed E-state index contributed by atoms with van der Waals surface area (Å²) in [5, 5.41) is 0. The summed E-state index contributed by atoms with van der Waals surface area (Å²) in [7, 11) is -3.12. The van der Waals surface area contributed by atoms with Crippen LogP contribution in [0, 0.1) is 0 Å². The van der Waals surface area contributed by atoms with Crippen LogP contribution in [-0.4, -0.2) is 4.89 Å². The molecular weight excluding hydrogens is 79.0 g/mol. The molecule has 0 aliphatic rings. The minimum atomic E-state index is -3.12. The molecule has 0 aromatic heterocycles. The molecule has 0 rings (SSSR count). The molecule has 4 heteroatoms. The van der Waals surface area contributed by atoms with Crippen molar-refractivity contribution in [2.45, 2.75) is 0 Å². The van der Waals surface area contributed by atoms with Gasteiger partial charge in [0.2, 0.25) is 0 Å². The van der Waals surface area contributed by atoms with E-state index in [2.05, 4.69) is 0 Å². The van der Waals surface area contributed by atoms with Crippen molar-refractivity contribution in [3.8, 4) is 0 Å². The minimum absolute atomic E-state index is 3.12. The molecule has 4 heavy (non-hydrogen) atoms. The van der Waals surface area contributed by atoms with E-state index < -0.39 is 7.91 Å². The first-order chi connectivity index (χ1) is 1.73. The van der Waals surface area contributed by atoms with Crippen LogP contribution in [0.5, 0.6) is 0 Å². The first kappa shape index (κ1) is 3.86. The monoisotopic (exact) mass is 80.0 g/mol. The molecule has 24 valence electrons. The topological polar surface area (TPSA) is 54.4 Å². The Hall–Kier alpha value is -0.140. The van der Waals surface area contributed by atoms with Gasteiger partial charge in [0.1, 0.15) is 0 Å². The van der Waals surface area contributed by atoms with Crippen LogP contribution >= 0.6 is 7.91 Å². The summed E-state index contributed by atoms with van der Waals surface area (Å²) in [6.45, 7) is 0. The van der Waals surface area contributed by atoms with E-state index >= 15 is 0 Å². The van der Waals surface area contributed by atoms with Crippen molar-refractivity contribution < 1.29 is 14.0 Å². The van der Waals surface area contributed by atoms with Crippen molar-refractivity contribution in [1.29, 1.82) is 0 Å². The number of hydrogen-bond acceptors (Lipinski definition) is 2. The summed E-state index contributed by atoms with van der Waals surface area (Å²) < 4.78 is 17.2. The fraction of sp³-hybridized carbons (Fsp3) is 0. The highest BCUT2D eigenvalue weighted by Gasteiger charge is 1.57. The van der Waals surface area contributed by atoms with Crippen molar-refractivity contribution in [1.82, 2.24) is 0 Å². The van der Waals surface area contributed by atoms with Crippen molar-refractivity contribution in [3.63, 3.8) is 0 Å². The maximum atomic E-state index is 8.59. The van der Waals surface area contributed by atoms with Crippen molar-refractivity contribution in [3.05, 3.63) is 0 Å². The molecule has 0 aromatic carbocycles. The number of hydrogen-bond donors (Lipinski definition) is 1. The third-order valence-electron chi connectivity index (χ3n) is 0. The average Bonchev–Trinajstić information content (AvgIpc) is 0.811. The first-order valence-corrected chi connectivity index (χ1v) is 1.70. The lowest BCUT2D eigenvalue weighted by molar-refractivity contribution is 0.434. The van der Waals surface area contributed by atoms with Gasteiger partial charge < -0.3 is 0 Å². The fourth-order valence-electron chi connectivity index (χ4n) is 0. The molecule has 0 amide bonds. The van der Waals surface area contributed by atoms with E-state index in [1.807, 2.05) is 0 Å². The van der Waals surface area contributed by atoms with E-state index in [4.69, 9.17) is 14.0 Å². The molecule has 0 saturated carbocycles. The van der Waals surface area contributed by atoms with Gasteiger partial charge >= 0.3 is 7.91 Å². The maximum Gasteiger partial charge on any atom is 0.465 e. The lowest BCUT2D eigenvalue weighted by Crippen LogP contribution is -1.19.